The number of nitrogens with zero attached hydrogens (tertiary/aromatic N) is 4. The molecule has 0 atom stereocenters. The molecule has 0 unspecified atom stereocenters. The molecule has 0 aliphatic carbocycles. The van der Waals surface area contributed by atoms with Gasteiger partial charge in [-0.15, -0.1) is 11.8 Å². The Labute approximate surface area is 112 Å². The summed E-state index contributed by atoms with van der Waals surface area (Å²) in [5.74, 6) is 1.92. The quantitative estimate of drug-likeness (QED) is 0.693. The Kier molecular flexibility index (Phi) is 4.01. The number of anilines is 1. The first-order chi connectivity index (χ1) is 8.22. The summed E-state index contributed by atoms with van der Waals surface area (Å²) in [6.45, 7) is 2.12. The second-order valence-electron chi connectivity index (χ2n) is 3.33. The van der Waals surface area contributed by atoms with Gasteiger partial charge < -0.3 is 5.73 Å². The van der Waals surface area contributed by atoms with Gasteiger partial charge >= 0.3 is 0 Å². The van der Waals surface area contributed by atoms with Crippen molar-refractivity contribution >= 4 is 33.5 Å². The molecular formula is C10H12BrN5S. The van der Waals surface area contributed by atoms with Crippen LogP contribution in [-0.4, -0.2) is 25.5 Å². The highest BCUT2D eigenvalue weighted by atomic mass is 79.9. The molecule has 2 heterocycles. The van der Waals surface area contributed by atoms with Gasteiger partial charge in [0.25, 0.3) is 5.95 Å². The molecule has 2 N–H and O–H groups in total. The zero-order chi connectivity index (χ0) is 12.3. The van der Waals surface area contributed by atoms with Gasteiger partial charge in [0.15, 0.2) is 0 Å². The topological polar surface area (TPSA) is 69.6 Å². The van der Waals surface area contributed by atoms with E-state index in [0.29, 0.717) is 11.8 Å². The van der Waals surface area contributed by atoms with Crippen LogP contribution in [0.1, 0.15) is 13.3 Å². The predicted octanol–water partition coefficient (Wildman–Crippen LogP) is 2.51. The second kappa shape index (κ2) is 5.50. The van der Waals surface area contributed by atoms with Gasteiger partial charge in [-0.05, 0) is 34.2 Å². The van der Waals surface area contributed by atoms with E-state index >= 15 is 0 Å². The van der Waals surface area contributed by atoms with Crippen LogP contribution < -0.4 is 5.73 Å². The fraction of sp³-hybridized carbons (Fsp3) is 0.300. The molecule has 0 saturated heterocycles. The molecule has 0 fully saturated rings. The Morgan fingerprint density at radius 1 is 1.47 bits per heavy atom. The van der Waals surface area contributed by atoms with Crippen molar-refractivity contribution in [2.24, 2.45) is 0 Å². The standard InChI is InChI=1S/C10H12BrN5S/c1-2-6-17-9-7(11)8(12)14-10(15-9)16-5-3-4-13-16/h3-5H,2,6H2,1H3,(H2,12,14,15). The Hall–Kier alpha value is -1.08. The lowest BCUT2D eigenvalue weighted by atomic mass is 10.6. The number of hydrogen-bond donors (Lipinski definition) is 1. The van der Waals surface area contributed by atoms with Crippen molar-refractivity contribution in [2.45, 2.75) is 18.4 Å². The number of halogens is 1. The predicted molar refractivity (Wildman–Crippen MR) is 72.3 cm³/mol. The van der Waals surface area contributed by atoms with Crippen LogP contribution in [0.5, 0.6) is 0 Å². The summed E-state index contributed by atoms with van der Waals surface area (Å²) < 4.78 is 2.35. The summed E-state index contributed by atoms with van der Waals surface area (Å²) in [6, 6.07) is 1.82. The summed E-state index contributed by atoms with van der Waals surface area (Å²) in [5, 5.41) is 4.94. The molecule has 0 bridgehead atoms. The van der Waals surface area contributed by atoms with E-state index < -0.39 is 0 Å². The highest BCUT2D eigenvalue weighted by molar-refractivity contribution is 9.10. The Balaban J connectivity index is 2.39. The molecule has 0 saturated carbocycles. The monoisotopic (exact) mass is 313 g/mol. The van der Waals surface area contributed by atoms with Gasteiger partial charge in [-0.25, -0.2) is 9.67 Å². The smallest absolute Gasteiger partial charge is 0.253 e. The van der Waals surface area contributed by atoms with Gasteiger partial charge in [0, 0.05) is 12.4 Å². The van der Waals surface area contributed by atoms with E-state index in [9.17, 15) is 0 Å². The first-order valence-corrected chi connectivity index (χ1v) is 6.96. The van der Waals surface area contributed by atoms with Crippen LogP contribution in [-0.2, 0) is 0 Å². The number of thioether (sulfide) groups is 1. The van der Waals surface area contributed by atoms with Gasteiger partial charge in [0.05, 0.1) is 4.47 Å². The van der Waals surface area contributed by atoms with Gasteiger partial charge in [-0.1, -0.05) is 6.92 Å². The largest absolute Gasteiger partial charge is 0.383 e. The molecule has 0 amide bonds. The summed E-state index contributed by atoms with van der Waals surface area (Å²) >= 11 is 5.06. The number of nitrogen functional groups attached to an aromatic ring is 1. The average Bonchev–Trinajstić information content (AvgIpc) is 2.84. The van der Waals surface area contributed by atoms with E-state index in [2.05, 4.69) is 37.9 Å². The summed E-state index contributed by atoms with van der Waals surface area (Å²) in [5.41, 5.74) is 5.85. The molecule has 0 radical (unpaired) electrons. The van der Waals surface area contributed by atoms with Crippen LogP contribution in [0.3, 0.4) is 0 Å². The van der Waals surface area contributed by atoms with Crippen LogP contribution in [0, 0.1) is 0 Å². The second-order valence-corrected chi connectivity index (χ2v) is 5.20. The Morgan fingerprint density at radius 3 is 2.94 bits per heavy atom. The molecule has 0 aliphatic heterocycles. The van der Waals surface area contributed by atoms with Crippen molar-refractivity contribution in [2.75, 3.05) is 11.5 Å². The van der Waals surface area contributed by atoms with E-state index in [1.54, 1.807) is 28.8 Å². The Morgan fingerprint density at radius 2 is 2.29 bits per heavy atom. The zero-order valence-corrected chi connectivity index (χ0v) is 11.7. The minimum absolute atomic E-state index is 0.434. The first-order valence-electron chi connectivity index (χ1n) is 5.18. The van der Waals surface area contributed by atoms with E-state index in [4.69, 9.17) is 5.73 Å². The first kappa shape index (κ1) is 12.4. The van der Waals surface area contributed by atoms with Crippen molar-refractivity contribution in [3.63, 3.8) is 0 Å². The number of rotatable bonds is 4. The summed E-state index contributed by atoms with van der Waals surface area (Å²) in [4.78, 5) is 8.63. The van der Waals surface area contributed by atoms with Crippen molar-refractivity contribution in [3.05, 3.63) is 22.9 Å². The normalized spacial score (nSPS) is 10.7. The van der Waals surface area contributed by atoms with E-state index in [0.717, 1.165) is 21.7 Å². The lowest BCUT2D eigenvalue weighted by Gasteiger charge is -2.07. The fourth-order valence-electron chi connectivity index (χ4n) is 1.22. The van der Waals surface area contributed by atoms with Crippen LogP contribution in [0.4, 0.5) is 5.82 Å². The fourth-order valence-corrected chi connectivity index (χ4v) is 2.51. The molecule has 5 nitrogen and oxygen atoms in total. The summed E-state index contributed by atoms with van der Waals surface area (Å²) in [7, 11) is 0. The third kappa shape index (κ3) is 2.78. The molecule has 2 aromatic rings. The Bertz CT molecular complexity index is 500. The molecule has 17 heavy (non-hydrogen) atoms. The molecule has 0 spiro atoms. The van der Waals surface area contributed by atoms with Crippen LogP contribution in [0.2, 0.25) is 0 Å². The molecule has 2 aromatic heterocycles. The van der Waals surface area contributed by atoms with Crippen molar-refractivity contribution in [1.29, 1.82) is 0 Å². The van der Waals surface area contributed by atoms with Crippen LogP contribution in [0.25, 0.3) is 5.95 Å². The highest BCUT2D eigenvalue weighted by Gasteiger charge is 2.11. The van der Waals surface area contributed by atoms with Crippen LogP contribution >= 0.6 is 27.7 Å². The minimum atomic E-state index is 0.434. The number of nitrogens with two attached hydrogens (primary N) is 1. The molecule has 0 aromatic carbocycles. The molecular weight excluding hydrogens is 302 g/mol. The van der Waals surface area contributed by atoms with Gasteiger partial charge in [-0.2, -0.15) is 10.1 Å². The SMILES string of the molecule is CCCSc1nc(-n2cccn2)nc(N)c1Br. The highest BCUT2D eigenvalue weighted by Crippen LogP contribution is 2.30. The molecule has 7 heteroatoms. The number of aromatic nitrogens is 4. The third-order valence-electron chi connectivity index (χ3n) is 1.99. The maximum atomic E-state index is 5.85. The lowest BCUT2D eigenvalue weighted by molar-refractivity contribution is 0.789. The molecule has 0 aliphatic rings. The number of hydrogen-bond acceptors (Lipinski definition) is 5. The zero-order valence-electron chi connectivity index (χ0n) is 9.30. The van der Waals surface area contributed by atoms with Crippen molar-refractivity contribution in [1.82, 2.24) is 19.7 Å². The van der Waals surface area contributed by atoms with E-state index in [1.165, 1.54) is 0 Å². The average molecular weight is 314 g/mol. The molecule has 2 rings (SSSR count). The van der Waals surface area contributed by atoms with Crippen LogP contribution in [0.15, 0.2) is 28.0 Å². The van der Waals surface area contributed by atoms with Crippen molar-refractivity contribution < 1.29 is 0 Å². The third-order valence-corrected chi connectivity index (χ3v) is 4.21. The minimum Gasteiger partial charge on any atom is -0.383 e. The van der Waals surface area contributed by atoms with Gasteiger partial charge in [0.1, 0.15) is 10.8 Å². The maximum Gasteiger partial charge on any atom is 0.253 e. The maximum absolute atomic E-state index is 5.85. The lowest BCUT2D eigenvalue weighted by Crippen LogP contribution is -2.06. The van der Waals surface area contributed by atoms with E-state index in [-0.39, 0.29) is 0 Å². The van der Waals surface area contributed by atoms with Gasteiger partial charge in [0.2, 0.25) is 0 Å². The van der Waals surface area contributed by atoms with E-state index in [1.807, 2.05) is 6.07 Å². The summed E-state index contributed by atoms with van der Waals surface area (Å²) in [6.07, 6.45) is 4.55. The van der Waals surface area contributed by atoms with Gasteiger partial charge in [-0.3, -0.25) is 0 Å². The molecule has 90 valence electrons. The van der Waals surface area contributed by atoms with Crippen molar-refractivity contribution in [3.8, 4) is 5.95 Å².